The molecule has 100 valence electrons. The van der Waals surface area contributed by atoms with Gasteiger partial charge in [-0.2, -0.15) is 0 Å². The number of ether oxygens (including phenoxy) is 2. The molecule has 6 heteroatoms. The van der Waals surface area contributed by atoms with Gasteiger partial charge in [0.25, 0.3) is 5.91 Å². The van der Waals surface area contributed by atoms with Crippen LogP contribution in [-0.4, -0.2) is 19.1 Å². The molecule has 5 nitrogen and oxygen atoms in total. The van der Waals surface area contributed by atoms with Gasteiger partial charge in [-0.05, 0) is 18.6 Å². The highest BCUT2D eigenvalue weighted by atomic mass is 35.5. The lowest BCUT2D eigenvalue weighted by Crippen LogP contribution is -2.42. The summed E-state index contributed by atoms with van der Waals surface area (Å²) in [4.78, 5) is 11.5. The minimum Gasteiger partial charge on any atom is -0.497 e. The van der Waals surface area contributed by atoms with Crippen LogP contribution in [0.25, 0.3) is 0 Å². The number of rotatable bonds is 6. The Kier molecular flexibility index (Phi) is 5.74. The average Bonchev–Trinajstić information content (AvgIpc) is 2.39. The van der Waals surface area contributed by atoms with Crippen molar-refractivity contribution in [1.82, 2.24) is 5.43 Å². The molecule has 0 saturated heterocycles. The van der Waals surface area contributed by atoms with E-state index in [0.717, 1.165) is 6.42 Å². The maximum atomic E-state index is 11.5. The molecule has 0 fully saturated rings. The van der Waals surface area contributed by atoms with Gasteiger partial charge in [0.15, 0.2) is 6.10 Å². The zero-order valence-corrected chi connectivity index (χ0v) is 11.2. The lowest BCUT2D eigenvalue weighted by Gasteiger charge is -2.17. The minimum atomic E-state index is -0.647. The Labute approximate surface area is 111 Å². The molecule has 1 amide bonds. The van der Waals surface area contributed by atoms with Crippen molar-refractivity contribution >= 4 is 17.5 Å². The number of nitrogens with one attached hydrogen (secondary N) is 1. The monoisotopic (exact) mass is 272 g/mol. The second kappa shape index (κ2) is 7.08. The van der Waals surface area contributed by atoms with Crippen LogP contribution in [0.2, 0.25) is 5.02 Å². The van der Waals surface area contributed by atoms with Crippen LogP contribution in [0.5, 0.6) is 11.5 Å². The molecule has 0 bridgehead atoms. The fourth-order valence-corrected chi connectivity index (χ4v) is 1.67. The minimum absolute atomic E-state index is 0.372. The first-order valence-electron chi connectivity index (χ1n) is 5.63. The van der Waals surface area contributed by atoms with Crippen molar-refractivity contribution in [3.05, 3.63) is 23.2 Å². The first-order chi connectivity index (χ1) is 8.62. The molecule has 0 heterocycles. The molecule has 1 aromatic rings. The van der Waals surface area contributed by atoms with Crippen molar-refractivity contribution in [2.45, 2.75) is 25.9 Å². The smallest absolute Gasteiger partial charge is 0.274 e. The van der Waals surface area contributed by atoms with E-state index in [4.69, 9.17) is 26.9 Å². The number of carbonyl (C=O) groups is 1. The Hall–Kier alpha value is -1.46. The van der Waals surface area contributed by atoms with Gasteiger partial charge >= 0.3 is 0 Å². The standard InChI is InChI=1S/C12H17ClN2O3/c1-3-4-11(12(16)15-14)18-10-6-5-8(17-2)7-9(10)13/h5-7,11H,3-4,14H2,1-2H3,(H,15,16). The topological polar surface area (TPSA) is 73.6 Å². The summed E-state index contributed by atoms with van der Waals surface area (Å²) in [6.45, 7) is 1.95. The van der Waals surface area contributed by atoms with Crippen LogP contribution in [0.15, 0.2) is 18.2 Å². The third-order valence-corrected chi connectivity index (χ3v) is 2.69. The van der Waals surface area contributed by atoms with Gasteiger partial charge in [-0.3, -0.25) is 10.2 Å². The molecule has 3 N–H and O–H groups in total. The molecule has 0 aliphatic carbocycles. The van der Waals surface area contributed by atoms with Crippen LogP contribution in [0.3, 0.4) is 0 Å². The highest BCUT2D eigenvalue weighted by Crippen LogP contribution is 2.29. The Balaban J connectivity index is 2.83. The van der Waals surface area contributed by atoms with Gasteiger partial charge in [0.2, 0.25) is 0 Å². The maximum absolute atomic E-state index is 11.5. The number of carbonyl (C=O) groups excluding carboxylic acids is 1. The second-order valence-electron chi connectivity index (χ2n) is 3.70. The number of halogens is 1. The van der Waals surface area contributed by atoms with Crippen molar-refractivity contribution in [2.24, 2.45) is 5.84 Å². The van der Waals surface area contributed by atoms with Crippen LogP contribution in [0, 0.1) is 0 Å². The fraction of sp³-hybridized carbons (Fsp3) is 0.417. The van der Waals surface area contributed by atoms with Crippen molar-refractivity contribution in [3.8, 4) is 11.5 Å². The van der Waals surface area contributed by atoms with Crippen LogP contribution in [0.4, 0.5) is 0 Å². The largest absolute Gasteiger partial charge is 0.497 e. The van der Waals surface area contributed by atoms with Crippen molar-refractivity contribution < 1.29 is 14.3 Å². The Bertz CT molecular complexity index is 412. The summed E-state index contributed by atoms with van der Waals surface area (Å²) in [5, 5.41) is 0.389. The Morgan fingerprint density at radius 3 is 2.78 bits per heavy atom. The van der Waals surface area contributed by atoms with Gasteiger partial charge in [0.1, 0.15) is 11.5 Å². The van der Waals surface area contributed by atoms with E-state index in [1.807, 2.05) is 6.92 Å². The van der Waals surface area contributed by atoms with E-state index < -0.39 is 6.10 Å². The summed E-state index contributed by atoms with van der Waals surface area (Å²) < 4.78 is 10.6. The lowest BCUT2D eigenvalue weighted by molar-refractivity contribution is -0.128. The van der Waals surface area contributed by atoms with Gasteiger partial charge in [0.05, 0.1) is 12.1 Å². The number of amides is 1. The van der Waals surface area contributed by atoms with Gasteiger partial charge in [-0.25, -0.2) is 5.84 Å². The predicted octanol–water partition coefficient (Wildman–Crippen LogP) is 1.89. The highest BCUT2D eigenvalue weighted by molar-refractivity contribution is 6.32. The fourth-order valence-electron chi connectivity index (χ4n) is 1.46. The van der Waals surface area contributed by atoms with Gasteiger partial charge < -0.3 is 9.47 Å². The highest BCUT2D eigenvalue weighted by Gasteiger charge is 2.19. The number of hydrogen-bond donors (Lipinski definition) is 2. The second-order valence-corrected chi connectivity index (χ2v) is 4.11. The van der Waals surface area contributed by atoms with Crippen LogP contribution < -0.4 is 20.7 Å². The number of nitrogens with two attached hydrogens (primary N) is 1. The third-order valence-electron chi connectivity index (χ3n) is 2.39. The molecule has 1 aromatic carbocycles. The van der Waals surface area contributed by atoms with E-state index >= 15 is 0 Å². The molecule has 1 unspecified atom stereocenters. The molecule has 0 radical (unpaired) electrons. The summed E-state index contributed by atoms with van der Waals surface area (Å²) in [6, 6.07) is 5.00. The van der Waals surface area contributed by atoms with E-state index in [1.165, 1.54) is 0 Å². The number of benzene rings is 1. The summed E-state index contributed by atoms with van der Waals surface area (Å²) in [6.07, 6.45) is 0.711. The van der Waals surface area contributed by atoms with Crippen LogP contribution in [0.1, 0.15) is 19.8 Å². The molecule has 18 heavy (non-hydrogen) atoms. The first-order valence-corrected chi connectivity index (χ1v) is 6.00. The maximum Gasteiger partial charge on any atom is 0.274 e. The van der Waals surface area contributed by atoms with E-state index in [-0.39, 0.29) is 5.91 Å². The molecule has 0 aromatic heterocycles. The number of hydrazine groups is 1. The molecular formula is C12H17ClN2O3. The first kappa shape index (κ1) is 14.6. The summed E-state index contributed by atoms with van der Waals surface area (Å²) in [5.74, 6) is 5.79. The SMILES string of the molecule is CCCC(Oc1ccc(OC)cc1Cl)C(=O)NN. The molecular weight excluding hydrogens is 256 g/mol. The quantitative estimate of drug-likeness (QED) is 0.471. The van der Waals surface area contributed by atoms with E-state index in [1.54, 1.807) is 25.3 Å². The van der Waals surface area contributed by atoms with E-state index in [2.05, 4.69) is 5.43 Å². The zero-order valence-electron chi connectivity index (χ0n) is 10.4. The average molecular weight is 273 g/mol. The van der Waals surface area contributed by atoms with Crippen molar-refractivity contribution in [2.75, 3.05) is 7.11 Å². The molecule has 0 aliphatic rings. The summed E-state index contributed by atoms with van der Waals surface area (Å²) in [7, 11) is 1.55. The molecule has 0 aliphatic heterocycles. The normalized spacial score (nSPS) is 11.8. The van der Waals surface area contributed by atoms with Gasteiger partial charge in [-0.1, -0.05) is 24.9 Å². The van der Waals surface area contributed by atoms with Crippen LogP contribution >= 0.6 is 11.6 Å². The molecule has 1 atom stereocenters. The molecule has 0 spiro atoms. The van der Waals surface area contributed by atoms with Gasteiger partial charge in [0, 0.05) is 6.07 Å². The number of hydrogen-bond acceptors (Lipinski definition) is 4. The zero-order chi connectivity index (χ0) is 13.5. The lowest BCUT2D eigenvalue weighted by atomic mass is 10.2. The molecule has 1 rings (SSSR count). The van der Waals surface area contributed by atoms with Crippen LogP contribution in [-0.2, 0) is 4.79 Å². The predicted molar refractivity (Wildman–Crippen MR) is 69.7 cm³/mol. The third kappa shape index (κ3) is 3.78. The van der Waals surface area contributed by atoms with E-state index in [0.29, 0.717) is 22.9 Å². The molecule has 0 saturated carbocycles. The Morgan fingerprint density at radius 1 is 1.56 bits per heavy atom. The summed E-state index contributed by atoms with van der Waals surface area (Å²) >= 11 is 6.03. The Morgan fingerprint density at radius 2 is 2.28 bits per heavy atom. The number of methoxy groups -OCH3 is 1. The summed E-state index contributed by atoms with van der Waals surface area (Å²) in [5.41, 5.74) is 2.08. The van der Waals surface area contributed by atoms with Gasteiger partial charge in [-0.15, -0.1) is 0 Å². The van der Waals surface area contributed by atoms with Crippen molar-refractivity contribution in [1.29, 1.82) is 0 Å². The van der Waals surface area contributed by atoms with E-state index in [9.17, 15) is 4.79 Å². The van der Waals surface area contributed by atoms with Crippen molar-refractivity contribution in [3.63, 3.8) is 0 Å².